The fourth-order valence-electron chi connectivity index (χ4n) is 4.60. The summed E-state index contributed by atoms with van der Waals surface area (Å²) in [5, 5.41) is 0.935. The zero-order chi connectivity index (χ0) is 22.7. The van der Waals surface area contributed by atoms with Crippen LogP contribution in [0.5, 0.6) is 0 Å². The minimum Gasteiger partial charge on any atom is -0.339 e. The highest BCUT2D eigenvalue weighted by molar-refractivity contribution is 7.99. The third-order valence-electron chi connectivity index (χ3n) is 6.55. The number of hydrogen-bond acceptors (Lipinski definition) is 5. The third kappa shape index (κ3) is 5.21. The van der Waals surface area contributed by atoms with Crippen molar-refractivity contribution in [2.75, 3.05) is 31.9 Å². The largest absolute Gasteiger partial charge is 0.339 e. The quantitative estimate of drug-likeness (QED) is 0.573. The standard InChI is InChI=1S/C23H32N4O3S2/c1-18-19(2)27(21-10-6-7-11-21)23(24-18)31-16-22(28)25-12-14-26(15-13-25)32(29,30)17-20-8-4-3-5-9-20/h3-5,8-9,21H,6-7,10-17H2,1-2H3. The fraction of sp³-hybridized carbons (Fsp3) is 0.565. The van der Waals surface area contributed by atoms with E-state index in [1.165, 1.54) is 47.4 Å². The maximum atomic E-state index is 12.8. The number of rotatable bonds is 7. The average Bonchev–Trinajstić information content (AvgIpc) is 3.40. The van der Waals surface area contributed by atoms with Crippen LogP contribution >= 0.6 is 11.8 Å². The molecule has 0 bridgehead atoms. The highest BCUT2D eigenvalue weighted by Gasteiger charge is 2.29. The maximum absolute atomic E-state index is 12.8. The van der Waals surface area contributed by atoms with E-state index < -0.39 is 10.0 Å². The van der Waals surface area contributed by atoms with Crippen LogP contribution in [0.3, 0.4) is 0 Å². The van der Waals surface area contributed by atoms with Crippen molar-refractivity contribution in [3.05, 3.63) is 47.3 Å². The molecule has 1 aliphatic carbocycles. The summed E-state index contributed by atoms with van der Waals surface area (Å²) in [6.07, 6.45) is 4.86. The van der Waals surface area contributed by atoms with Gasteiger partial charge in [0.2, 0.25) is 15.9 Å². The second-order valence-corrected chi connectivity index (χ2v) is 11.6. The van der Waals surface area contributed by atoms with Crippen LogP contribution in [0.2, 0.25) is 0 Å². The summed E-state index contributed by atoms with van der Waals surface area (Å²) in [5.74, 6) is 0.380. The zero-order valence-electron chi connectivity index (χ0n) is 18.9. The van der Waals surface area contributed by atoms with Crippen LogP contribution < -0.4 is 0 Å². The van der Waals surface area contributed by atoms with Crippen LogP contribution in [-0.2, 0) is 20.6 Å². The van der Waals surface area contributed by atoms with Crippen molar-refractivity contribution in [3.63, 3.8) is 0 Å². The second kappa shape index (κ2) is 9.97. The highest BCUT2D eigenvalue weighted by atomic mass is 32.2. The van der Waals surface area contributed by atoms with Gasteiger partial charge in [-0.25, -0.2) is 13.4 Å². The molecule has 2 aliphatic rings. The molecule has 0 unspecified atom stereocenters. The highest BCUT2D eigenvalue weighted by Crippen LogP contribution is 2.35. The summed E-state index contributed by atoms with van der Waals surface area (Å²) in [5.41, 5.74) is 3.01. The van der Waals surface area contributed by atoms with Crippen molar-refractivity contribution in [3.8, 4) is 0 Å². The van der Waals surface area contributed by atoms with E-state index >= 15 is 0 Å². The van der Waals surface area contributed by atoms with Crippen LogP contribution in [0.25, 0.3) is 0 Å². The number of imidazole rings is 1. The predicted octanol–water partition coefficient (Wildman–Crippen LogP) is 3.38. The number of aryl methyl sites for hydroxylation is 1. The summed E-state index contributed by atoms with van der Waals surface area (Å²) < 4.78 is 29.3. The van der Waals surface area contributed by atoms with Gasteiger partial charge >= 0.3 is 0 Å². The Labute approximate surface area is 195 Å². The number of hydrogen-bond donors (Lipinski definition) is 0. The molecular weight excluding hydrogens is 444 g/mol. The second-order valence-electron chi connectivity index (χ2n) is 8.68. The number of benzene rings is 1. The number of amides is 1. The molecule has 0 atom stereocenters. The molecule has 2 fully saturated rings. The molecule has 0 spiro atoms. The molecule has 0 radical (unpaired) electrons. The van der Waals surface area contributed by atoms with E-state index in [1.807, 2.05) is 37.3 Å². The van der Waals surface area contributed by atoms with Gasteiger partial charge in [-0.15, -0.1) is 0 Å². The summed E-state index contributed by atoms with van der Waals surface area (Å²) in [6.45, 7) is 5.70. The Kier molecular flexibility index (Phi) is 7.27. The lowest BCUT2D eigenvalue weighted by atomic mass is 10.2. The SMILES string of the molecule is Cc1nc(SCC(=O)N2CCN(S(=O)(=O)Cc3ccccc3)CC2)n(C2CCCC2)c1C. The van der Waals surface area contributed by atoms with Crippen molar-refractivity contribution in [2.24, 2.45) is 0 Å². The normalized spacial score (nSPS) is 18.4. The van der Waals surface area contributed by atoms with Crippen LogP contribution in [0.1, 0.15) is 48.7 Å². The molecule has 32 heavy (non-hydrogen) atoms. The predicted molar refractivity (Wildman–Crippen MR) is 127 cm³/mol. The molecule has 4 rings (SSSR count). The minimum atomic E-state index is -3.38. The summed E-state index contributed by atoms with van der Waals surface area (Å²) in [4.78, 5) is 19.3. The maximum Gasteiger partial charge on any atom is 0.233 e. The fourth-order valence-corrected chi connectivity index (χ4v) is 7.18. The molecule has 174 valence electrons. The van der Waals surface area contributed by atoms with Gasteiger partial charge in [0.1, 0.15) is 0 Å². The van der Waals surface area contributed by atoms with Crippen molar-refractivity contribution in [2.45, 2.75) is 56.5 Å². The van der Waals surface area contributed by atoms with Gasteiger partial charge in [-0.3, -0.25) is 4.79 Å². The number of thioether (sulfide) groups is 1. The molecular formula is C23H32N4O3S2. The first kappa shape index (κ1) is 23.3. The molecule has 1 saturated carbocycles. The van der Waals surface area contributed by atoms with Crippen LogP contribution in [-0.4, -0.2) is 65.0 Å². The summed E-state index contributed by atoms with van der Waals surface area (Å²) in [7, 11) is -3.38. The molecule has 1 saturated heterocycles. The lowest BCUT2D eigenvalue weighted by molar-refractivity contribution is -0.129. The minimum absolute atomic E-state index is 0.000165. The van der Waals surface area contributed by atoms with E-state index in [1.54, 1.807) is 4.90 Å². The Morgan fingerprint density at radius 1 is 1.06 bits per heavy atom. The average molecular weight is 477 g/mol. The lowest BCUT2D eigenvalue weighted by Crippen LogP contribution is -2.51. The van der Waals surface area contributed by atoms with Gasteiger partial charge in [0.05, 0.1) is 17.2 Å². The number of sulfonamides is 1. The van der Waals surface area contributed by atoms with E-state index in [0.717, 1.165) is 16.4 Å². The van der Waals surface area contributed by atoms with E-state index in [2.05, 4.69) is 11.5 Å². The Balaban J connectivity index is 1.31. The number of aromatic nitrogens is 2. The molecule has 2 aromatic rings. The smallest absolute Gasteiger partial charge is 0.233 e. The van der Waals surface area contributed by atoms with Gasteiger partial charge in [0, 0.05) is 37.9 Å². The van der Waals surface area contributed by atoms with Crippen molar-refractivity contribution >= 4 is 27.7 Å². The Morgan fingerprint density at radius 3 is 2.38 bits per heavy atom. The zero-order valence-corrected chi connectivity index (χ0v) is 20.5. The van der Waals surface area contributed by atoms with Gasteiger partial charge in [0.25, 0.3) is 0 Å². The van der Waals surface area contributed by atoms with Crippen molar-refractivity contribution in [1.82, 2.24) is 18.8 Å². The summed E-state index contributed by atoms with van der Waals surface area (Å²) in [6, 6.07) is 9.72. The Hall–Kier alpha value is -1.84. The third-order valence-corrected chi connectivity index (χ3v) is 9.33. The van der Waals surface area contributed by atoms with E-state index in [0.29, 0.717) is 38.0 Å². The molecule has 2 heterocycles. The Bertz CT molecular complexity index is 1040. The van der Waals surface area contributed by atoms with Crippen LogP contribution in [0.4, 0.5) is 0 Å². The van der Waals surface area contributed by atoms with E-state index in [4.69, 9.17) is 4.98 Å². The van der Waals surface area contributed by atoms with Crippen LogP contribution in [0, 0.1) is 13.8 Å². The topological polar surface area (TPSA) is 75.5 Å². The van der Waals surface area contributed by atoms with Crippen molar-refractivity contribution < 1.29 is 13.2 Å². The van der Waals surface area contributed by atoms with Crippen molar-refractivity contribution in [1.29, 1.82) is 0 Å². The number of carbonyl (C=O) groups is 1. The summed E-state index contributed by atoms with van der Waals surface area (Å²) >= 11 is 1.51. The van der Waals surface area contributed by atoms with Gasteiger partial charge in [-0.2, -0.15) is 4.31 Å². The first-order chi connectivity index (χ1) is 15.3. The molecule has 7 nitrogen and oxygen atoms in total. The number of piperazine rings is 1. The van der Waals surface area contributed by atoms with Gasteiger partial charge < -0.3 is 9.47 Å². The van der Waals surface area contributed by atoms with E-state index in [9.17, 15) is 13.2 Å². The number of nitrogens with zero attached hydrogens (tertiary/aromatic N) is 4. The molecule has 1 aliphatic heterocycles. The molecule has 9 heteroatoms. The lowest BCUT2D eigenvalue weighted by Gasteiger charge is -2.34. The van der Waals surface area contributed by atoms with Gasteiger partial charge in [-0.05, 0) is 32.3 Å². The van der Waals surface area contributed by atoms with Crippen LogP contribution in [0.15, 0.2) is 35.5 Å². The number of carbonyl (C=O) groups excluding carboxylic acids is 1. The van der Waals surface area contributed by atoms with Gasteiger partial charge in [-0.1, -0.05) is 54.9 Å². The Morgan fingerprint density at radius 2 is 1.72 bits per heavy atom. The molecule has 1 aromatic heterocycles. The molecule has 1 aromatic carbocycles. The molecule has 0 N–H and O–H groups in total. The van der Waals surface area contributed by atoms with E-state index in [-0.39, 0.29) is 11.7 Å². The monoisotopic (exact) mass is 476 g/mol. The first-order valence-electron chi connectivity index (χ1n) is 11.3. The first-order valence-corrected chi connectivity index (χ1v) is 13.9. The molecule has 1 amide bonds. The van der Waals surface area contributed by atoms with Gasteiger partial charge in [0.15, 0.2) is 5.16 Å².